The third kappa shape index (κ3) is 4.47. The van der Waals surface area contributed by atoms with Gasteiger partial charge in [0.25, 0.3) is 0 Å². The molecule has 0 aromatic heterocycles. The van der Waals surface area contributed by atoms with Gasteiger partial charge in [0.2, 0.25) is 5.91 Å². The minimum atomic E-state index is -0.990. The molecule has 0 aliphatic rings. The van der Waals surface area contributed by atoms with Crippen LogP contribution < -0.4 is 10.1 Å². The quantitative estimate of drug-likeness (QED) is 0.791. The number of ether oxygens (including phenoxy) is 1. The zero-order chi connectivity index (χ0) is 12.7. The van der Waals surface area contributed by atoms with Gasteiger partial charge in [-0.3, -0.25) is 4.79 Å². The van der Waals surface area contributed by atoms with Crippen LogP contribution in [0.3, 0.4) is 0 Å². The lowest BCUT2D eigenvalue weighted by atomic mass is 10.3. The Balaban J connectivity index is 2.29. The Morgan fingerprint density at radius 1 is 1.41 bits per heavy atom. The predicted octanol–water partition coefficient (Wildman–Crippen LogP) is 1.37. The Morgan fingerprint density at radius 2 is 2.18 bits per heavy atom. The molecular weight excluding hydrogens is 230 g/mol. The molecule has 0 unspecified atom stereocenters. The molecule has 17 heavy (non-hydrogen) atoms. The van der Waals surface area contributed by atoms with E-state index in [1.807, 2.05) is 0 Å². The van der Waals surface area contributed by atoms with E-state index < -0.39 is 17.5 Å². The fourth-order valence-electron chi connectivity index (χ4n) is 1.06. The third-order valence-electron chi connectivity index (χ3n) is 1.82. The van der Waals surface area contributed by atoms with Crippen molar-refractivity contribution in [2.24, 2.45) is 0 Å². The van der Waals surface area contributed by atoms with Gasteiger partial charge in [-0.15, -0.1) is 0 Å². The fraction of sp³-hybridized carbons (Fsp3) is 0.273. The predicted molar refractivity (Wildman–Crippen MR) is 55.1 cm³/mol. The van der Waals surface area contributed by atoms with Crippen LogP contribution in [0.1, 0.15) is 6.42 Å². The van der Waals surface area contributed by atoms with Crippen molar-refractivity contribution in [3.8, 4) is 11.8 Å². The molecule has 1 N–H and O–H groups in total. The smallest absolute Gasteiger partial charge is 0.234 e. The van der Waals surface area contributed by atoms with E-state index in [-0.39, 0.29) is 25.3 Å². The van der Waals surface area contributed by atoms with E-state index in [4.69, 9.17) is 10.00 Å². The average molecular weight is 240 g/mol. The number of nitriles is 1. The van der Waals surface area contributed by atoms with E-state index in [0.29, 0.717) is 0 Å². The molecule has 0 spiro atoms. The molecule has 0 aliphatic heterocycles. The van der Waals surface area contributed by atoms with Crippen molar-refractivity contribution in [3.05, 3.63) is 29.8 Å². The minimum absolute atomic E-state index is 0.113. The van der Waals surface area contributed by atoms with Gasteiger partial charge in [0.05, 0.1) is 12.6 Å². The molecule has 90 valence electrons. The highest BCUT2D eigenvalue weighted by Crippen LogP contribution is 2.14. The summed E-state index contributed by atoms with van der Waals surface area (Å²) in [7, 11) is 0. The first-order chi connectivity index (χ1) is 8.13. The van der Waals surface area contributed by atoms with E-state index in [1.165, 1.54) is 6.07 Å². The number of carbonyl (C=O) groups excluding carboxylic acids is 1. The topological polar surface area (TPSA) is 62.1 Å². The van der Waals surface area contributed by atoms with Crippen LogP contribution >= 0.6 is 0 Å². The van der Waals surface area contributed by atoms with Crippen LogP contribution in [-0.2, 0) is 4.79 Å². The summed E-state index contributed by atoms with van der Waals surface area (Å²) < 4.78 is 30.4. The van der Waals surface area contributed by atoms with Crippen LogP contribution in [0.5, 0.6) is 5.75 Å². The van der Waals surface area contributed by atoms with E-state index in [0.717, 1.165) is 12.1 Å². The summed E-state index contributed by atoms with van der Waals surface area (Å²) >= 11 is 0. The first-order valence-electron chi connectivity index (χ1n) is 4.85. The normalized spacial score (nSPS) is 9.47. The molecule has 0 saturated carbocycles. The molecule has 1 aromatic carbocycles. The number of hydrogen-bond donors (Lipinski definition) is 1. The molecule has 4 nitrogen and oxygen atoms in total. The molecule has 0 atom stereocenters. The van der Waals surface area contributed by atoms with Crippen molar-refractivity contribution in [2.45, 2.75) is 6.42 Å². The molecule has 1 aromatic rings. The van der Waals surface area contributed by atoms with E-state index in [9.17, 15) is 13.6 Å². The van der Waals surface area contributed by atoms with Gasteiger partial charge in [-0.05, 0) is 12.1 Å². The van der Waals surface area contributed by atoms with Crippen molar-refractivity contribution < 1.29 is 18.3 Å². The summed E-state index contributed by atoms with van der Waals surface area (Å²) in [6, 6.07) is 4.86. The molecule has 0 fully saturated rings. The number of halogens is 2. The molecule has 1 amide bonds. The molecule has 6 heteroatoms. The summed E-state index contributed by atoms with van der Waals surface area (Å²) in [5, 5.41) is 10.6. The third-order valence-corrected chi connectivity index (χ3v) is 1.82. The van der Waals surface area contributed by atoms with E-state index in [1.54, 1.807) is 6.07 Å². The molecule has 0 aliphatic carbocycles. The first kappa shape index (κ1) is 12.9. The Hall–Kier alpha value is -2.16. The summed E-state index contributed by atoms with van der Waals surface area (Å²) in [5.41, 5.74) is 0. The first-order valence-corrected chi connectivity index (χ1v) is 4.85. The highest BCUT2D eigenvalue weighted by Gasteiger charge is 2.03. The summed E-state index contributed by atoms with van der Waals surface area (Å²) in [5.74, 6) is -2.16. The zero-order valence-electron chi connectivity index (χ0n) is 8.87. The lowest BCUT2D eigenvalue weighted by molar-refractivity contribution is -0.120. The number of hydrogen-bond acceptors (Lipinski definition) is 3. The number of nitrogens with one attached hydrogen (secondary N) is 1. The number of carbonyl (C=O) groups is 1. The Kier molecular flexibility index (Phi) is 4.88. The highest BCUT2D eigenvalue weighted by atomic mass is 19.2. The van der Waals surface area contributed by atoms with Gasteiger partial charge in [-0.2, -0.15) is 5.26 Å². The second-order valence-corrected chi connectivity index (χ2v) is 3.11. The Bertz CT molecular complexity index is 444. The van der Waals surface area contributed by atoms with E-state index >= 15 is 0 Å². The van der Waals surface area contributed by atoms with Crippen molar-refractivity contribution in [2.75, 3.05) is 13.2 Å². The lowest BCUT2D eigenvalue weighted by Crippen LogP contribution is -2.27. The SMILES string of the molecule is N#CCC(=O)NCCOc1ccc(F)c(F)c1. The highest BCUT2D eigenvalue weighted by molar-refractivity contribution is 5.77. The monoisotopic (exact) mass is 240 g/mol. The van der Waals surface area contributed by atoms with Crippen molar-refractivity contribution >= 4 is 5.91 Å². The van der Waals surface area contributed by atoms with Gasteiger partial charge < -0.3 is 10.1 Å². The second-order valence-electron chi connectivity index (χ2n) is 3.11. The molecule has 0 bridgehead atoms. The maximum absolute atomic E-state index is 12.8. The fourth-order valence-corrected chi connectivity index (χ4v) is 1.06. The summed E-state index contributed by atoms with van der Waals surface area (Å²) in [6.45, 7) is 0.307. The van der Waals surface area contributed by atoms with Crippen LogP contribution in [0.4, 0.5) is 8.78 Å². The van der Waals surface area contributed by atoms with Gasteiger partial charge in [0.15, 0.2) is 11.6 Å². The summed E-state index contributed by atoms with van der Waals surface area (Å²) in [4.78, 5) is 10.9. The van der Waals surface area contributed by atoms with Crippen molar-refractivity contribution in [3.63, 3.8) is 0 Å². The molecular formula is C11H10F2N2O2. The Morgan fingerprint density at radius 3 is 2.82 bits per heavy atom. The number of nitrogens with zero attached hydrogens (tertiary/aromatic N) is 1. The van der Waals surface area contributed by atoms with Crippen LogP contribution in [0, 0.1) is 23.0 Å². The number of amides is 1. The standard InChI is InChI=1S/C11H10F2N2O2/c12-9-2-1-8(7-10(9)13)17-6-5-15-11(16)3-4-14/h1-2,7H,3,5-6H2,(H,15,16). The molecule has 0 heterocycles. The zero-order valence-corrected chi connectivity index (χ0v) is 8.87. The number of rotatable bonds is 5. The van der Waals surface area contributed by atoms with Gasteiger partial charge in [-0.25, -0.2) is 8.78 Å². The second kappa shape index (κ2) is 6.43. The molecule has 0 radical (unpaired) electrons. The summed E-state index contributed by atoms with van der Waals surface area (Å²) in [6.07, 6.45) is -0.217. The van der Waals surface area contributed by atoms with Crippen LogP contribution in [0.15, 0.2) is 18.2 Å². The van der Waals surface area contributed by atoms with Crippen molar-refractivity contribution in [1.82, 2.24) is 5.32 Å². The maximum atomic E-state index is 12.8. The average Bonchev–Trinajstić information content (AvgIpc) is 2.29. The van der Waals surface area contributed by atoms with Gasteiger partial charge in [0.1, 0.15) is 18.8 Å². The van der Waals surface area contributed by atoms with Crippen LogP contribution in [0.25, 0.3) is 0 Å². The van der Waals surface area contributed by atoms with Gasteiger partial charge in [0, 0.05) is 6.07 Å². The maximum Gasteiger partial charge on any atom is 0.234 e. The van der Waals surface area contributed by atoms with E-state index in [2.05, 4.69) is 5.32 Å². The number of benzene rings is 1. The Labute approximate surface area is 96.8 Å². The van der Waals surface area contributed by atoms with Crippen LogP contribution in [-0.4, -0.2) is 19.1 Å². The lowest BCUT2D eigenvalue weighted by Gasteiger charge is -2.06. The van der Waals surface area contributed by atoms with Gasteiger partial charge in [-0.1, -0.05) is 0 Å². The van der Waals surface area contributed by atoms with Gasteiger partial charge >= 0.3 is 0 Å². The molecule has 0 saturated heterocycles. The minimum Gasteiger partial charge on any atom is -0.492 e. The molecule has 1 rings (SSSR count). The van der Waals surface area contributed by atoms with Crippen molar-refractivity contribution in [1.29, 1.82) is 5.26 Å². The van der Waals surface area contributed by atoms with Crippen LogP contribution in [0.2, 0.25) is 0 Å². The largest absolute Gasteiger partial charge is 0.492 e.